The van der Waals surface area contributed by atoms with Crippen molar-refractivity contribution in [3.63, 3.8) is 0 Å². The van der Waals surface area contributed by atoms with Crippen LogP contribution in [0, 0.1) is 0 Å². The van der Waals surface area contributed by atoms with Gasteiger partial charge in [0.1, 0.15) is 6.10 Å². The van der Waals surface area contributed by atoms with E-state index in [-0.39, 0.29) is 18.1 Å². The average molecular weight is 219 g/mol. The molecule has 0 saturated heterocycles. The maximum atomic E-state index is 11.7. The van der Waals surface area contributed by atoms with Gasteiger partial charge >= 0.3 is 0 Å². The molecule has 0 aliphatic carbocycles. The van der Waals surface area contributed by atoms with Crippen LogP contribution >= 0.6 is 11.8 Å². The predicted molar refractivity (Wildman–Crippen MR) is 61.7 cm³/mol. The van der Waals surface area contributed by atoms with Crippen molar-refractivity contribution in [1.82, 2.24) is 4.90 Å². The fourth-order valence-corrected chi connectivity index (χ4v) is 1.66. The summed E-state index contributed by atoms with van der Waals surface area (Å²) in [4.78, 5) is 13.4. The van der Waals surface area contributed by atoms with E-state index in [9.17, 15) is 4.79 Å². The third kappa shape index (κ3) is 4.33. The van der Waals surface area contributed by atoms with Crippen LogP contribution in [-0.2, 0) is 9.53 Å². The van der Waals surface area contributed by atoms with Crippen molar-refractivity contribution in [2.45, 2.75) is 32.4 Å². The van der Waals surface area contributed by atoms with E-state index in [1.807, 2.05) is 7.05 Å². The van der Waals surface area contributed by atoms with Crippen LogP contribution in [-0.4, -0.2) is 49.1 Å². The molecule has 0 aromatic carbocycles. The number of hydrogen-bond acceptors (Lipinski definition) is 3. The Morgan fingerprint density at radius 1 is 1.50 bits per heavy atom. The number of carbonyl (C=O) groups is 1. The van der Waals surface area contributed by atoms with Crippen molar-refractivity contribution >= 4 is 17.7 Å². The van der Waals surface area contributed by atoms with E-state index in [2.05, 4.69) is 13.2 Å². The Balaban J connectivity index is 4.03. The quantitative estimate of drug-likeness (QED) is 0.680. The number of carbonyl (C=O) groups excluding carboxylic acids is 1. The summed E-state index contributed by atoms with van der Waals surface area (Å²) in [6, 6.07) is 0.285. The molecule has 1 amide bonds. The Bertz CT molecular complexity index is 176. The Kier molecular flexibility index (Phi) is 7.01. The highest BCUT2D eigenvalue weighted by atomic mass is 32.2. The van der Waals surface area contributed by atoms with Gasteiger partial charge in [0.15, 0.2) is 0 Å². The van der Waals surface area contributed by atoms with Crippen molar-refractivity contribution < 1.29 is 9.53 Å². The lowest BCUT2D eigenvalue weighted by Crippen LogP contribution is -2.41. The first-order valence-corrected chi connectivity index (χ1v) is 6.22. The molecule has 14 heavy (non-hydrogen) atoms. The lowest BCUT2D eigenvalue weighted by Gasteiger charge is -2.27. The van der Waals surface area contributed by atoms with Gasteiger partial charge in [-0.1, -0.05) is 0 Å². The van der Waals surface area contributed by atoms with E-state index in [4.69, 9.17) is 4.74 Å². The molecule has 4 heteroatoms. The lowest BCUT2D eigenvalue weighted by atomic mass is 10.2. The zero-order chi connectivity index (χ0) is 11.1. The van der Waals surface area contributed by atoms with Gasteiger partial charge in [0.25, 0.3) is 5.91 Å². The minimum absolute atomic E-state index is 0.0566. The lowest BCUT2D eigenvalue weighted by molar-refractivity contribution is -0.141. The zero-order valence-corrected chi connectivity index (χ0v) is 10.6. The van der Waals surface area contributed by atoms with E-state index >= 15 is 0 Å². The molecule has 0 N–H and O–H groups in total. The molecule has 0 heterocycles. The molecular formula is C10H21NO2S. The highest BCUT2D eigenvalue weighted by Gasteiger charge is 2.20. The van der Waals surface area contributed by atoms with Gasteiger partial charge < -0.3 is 9.64 Å². The van der Waals surface area contributed by atoms with Gasteiger partial charge in [-0.25, -0.2) is 0 Å². The number of amides is 1. The molecule has 0 saturated carbocycles. The Hall–Kier alpha value is -0.220. The molecule has 84 valence electrons. The number of rotatable bonds is 6. The molecule has 3 nitrogen and oxygen atoms in total. The van der Waals surface area contributed by atoms with Gasteiger partial charge in [-0.05, 0) is 32.3 Å². The van der Waals surface area contributed by atoms with Crippen molar-refractivity contribution in [3.8, 4) is 0 Å². The molecule has 0 bridgehead atoms. The first-order valence-electron chi connectivity index (χ1n) is 4.83. The summed E-state index contributed by atoms with van der Waals surface area (Å²) in [6.07, 6.45) is 2.77. The van der Waals surface area contributed by atoms with Crippen molar-refractivity contribution in [2.75, 3.05) is 26.2 Å². The summed E-state index contributed by atoms with van der Waals surface area (Å²) < 4.78 is 4.99. The van der Waals surface area contributed by atoms with Crippen LogP contribution in [0.3, 0.4) is 0 Å². The summed E-state index contributed by atoms with van der Waals surface area (Å²) in [5, 5.41) is 0. The summed E-state index contributed by atoms with van der Waals surface area (Å²) >= 11 is 1.80. The minimum atomic E-state index is -0.336. The second kappa shape index (κ2) is 7.12. The zero-order valence-electron chi connectivity index (χ0n) is 9.74. The van der Waals surface area contributed by atoms with E-state index in [1.165, 1.54) is 0 Å². The van der Waals surface area contributed by atoms with Gasteiger partial charge in [-0.2, -0.15) is 11.8 Å². The van der Waals surface area contributed by atoms with E-state index in [0.29, 0.717) is 0 Å². The van der Waals surface area contributed by atoms with Crippen LogP contribution < -0.4 is 0 Å². The Morgan fingerprint density at radius 2 is 2.07 bits per heavy atom. The number of likely N-dealkylation sites (N-methyl/N-ethyl adjacent to an activating group) is 1. The van der Waals surface area contributed by atoms with Crippen molar-refractivity contribution in [2.24, 2.45) is 0 Å². The van der Waals surface area contributed by atoms with Crippen LogP contribution in [0.25, 0.3) is 0 Å². The topological polar surface area (TPSA) is 29.5 Å². The summed E-state index contributed by atoms with van der Waals surface area (Å²) in [6.45, 7) is 3.84. The molecule has 2 unspecified atom stereocenters. The van der Waals surface area contributed by atoms with E-state index in [0.717, 1.165) is 12.2 Å². The number of hydrogen-bond donors (Lipinski definition) is 0. The summed E-state index contributed by atoms with van der Waals surface area (Å²) in [5.74, 6) is 1.14. The van der Waals surface area contributed by atoms with Gasteiger partial charge in [0.05, 0.1) is 0 Å². The first kappa shape index (κ1) is 13.8. The van der Waals surface area contributed by atoms with Gasteiger partial charge in [-0.3, -0.25) is 4.79 Å². The molecule has 2 atom stereocenters. The smallest absolute Gasteiger partial charge is 0.251 e. The molecule has 0 aromatic heterocycles. The predicted octanol–water partition coefficient (Wildman–Crippen LogP) is 1.62. The molecule has 0 radical (unpaired) electrons. The Morgan fingerprint density at radius 3 is 2.50 bits per heavy atom. The maximum absolute atomic E-state index is 11.7. The monoisotopic (exact) mass is 219 g/mol. The maximum Gasteiger partial charge on any atom is 0.251 e. The normalized spacial score (nSPS) is 14.9. The average Bonchev–Trinajstić information content (AvgIpc) is 2.22. The summed E-state index contributed by atoms with van der Waals surface area (Å²) in [7, 11) is 3.39. The molecule has 0 fully saturated rings. The molecule has 0 rings (SSSR count). The second-order valence-corrected chi connectivity index (χ2v) is 4.44. The van der Waals surface area contributed by atoms with Crippen LogP contribution in [0.1, 0.15) is 20.3 Å². The van der Waals surface area contributed by atoms with Crippen LogP contribution in [0.15, 0.2) is 0 Å². The largest absolute Gasteiger partial charge is 0.372 e. The van der Waals surface area contributed by atoms with E-state index in [1.54, 1.807) is 30.7 Å². The van der Waals surface area contributed by atoms with Crippen LogP contribution in [0.2, 0.25) is 0 Å². The fraction of sp³-hybridized carbons (Fsp3) is 0.900. The van der Waals surface area contributed by atoms with Gasteiger partial charge in [-0.15, -0.1) is 0 Å². The molecule has 0 aliphatic rings. The SMILES string of the molecule is COC(C)C(=O)N(C)C(C)CCSC. The van der Waals surface area contributed by atoms with Gasteiger partial charge in [0, 0.05) is 20.2 Å². The first-order chi connectivity index (χ1) is 6.54. The highest BCUT2D eigenvalue weighted by molar-refractivity contribution is 7.98. The third-order valence-electron chi connectivity index (χ3n) is 2.45. The molecule has 0 aromatic rings. The second-order valence-electron chi connectivity index (χ2n) is 3.46. The molecular weight excluding hydrogens is 198 g/mol. The number of ether oxygens (including phenoxy) is 1. The Labute approximate surface area is 91.2 Å². The van der Waals surface area contributed by atoms with Crippen LogP contribution in [0.4, 0.5) is 0 Å². The molecule has 0 aliphatic heterocycles. The van der Waals surface area contributed by atoms with Crippen molar-refractivity contribution in [1.29, 1.82) is 0 Å². The summed E-state index contributed by atoms with van der Waals surface area (Å²) in [5.41, 5.74) is 0. The van der Waals surface area contributed by atoms with Gasteiger partial charge in [0.2, 0.25) is 0 Å². The van der Waals surface area contributed by atoms with Crippen molar-refractivity contribution in [3.05, 3.63) is 0 Å². The standard InChI is InChI=1S/C10H21NO2S/c1-8(6-7-14-5)11(3)10(12)9(2)13-4/h8-9H,6-7H2,1-5H3. The highest BCUT2D eigenvalue weighted by Crippen LogP contribution is 2.08. The molecule has 0 spiro atoms. The third-order valence-corrected chi connectivity index (χ3v) is 3.09. The number of nitrogens with zero attached hydrogens (tertiary/aromatic N) is 1. The number of thioether (sulfide) groups is 1. The number of methoxy groups -OCH3 is 1. The fourth-order valence-electron chi connectivity index (χ4n) is 1.09. The van der Waals surface area contributed by atoms with Crippen LogP contribution in [0.5, 0.6) is 0 Å². The van der Waals surface area contributed by atoms with E-state index < -0.39 is 0 Å². The minimum Gasteiger partial charge on any atom is -0.372 e.